The average Bonchev–Trinajstić information content (AvgIpc) is 2.49. The first-order valence-corrected chi connectivity index (χ1v) is 3.81. The van der Waals surface area contributed by atoms with Gasteiger partial charge in [0.15, 0.2) is 5.58 Å². The number of carboxylic acids is 1. The number of nitrogens with zero attached hydrogens (tertiary/aromatic N) is 1. The van der Waals surface area contributed by atoms with Crippen LogP contribution in [0.1, 0.15) is 5.56 Å². The fraction of sp³-hybridized carbons (Fsp3) is 0.111. The number of hydrogen-bond acceptors (Lipinski definition) is 3. The molecule has 0 radical (unpaired) electrons. The summed E-state index contributed by atoms with van der Waals surface area (Å²) >= 11 is 0. The Bertz CT molecular complexity index is 447. The van der Waals surface area contributed by atoms with Crippen molar-refractivity contribution in [3.63, 3.8) is 0 Å². The van der Waals surface area contributed by atoms with E-state index < -0.39 is 5.97 Å². The van der Waals surface area contributed by atoms with Crippen LogP contribution in [-0.2, 0) is 11.2 Å². The van der Waals surface area contributed by atoms with Gasteiger partial charge in [-0.1, -0.05) is 11.2 Å². The van der Waals surface area contributed by atoms with Crippen molar-refractivity contribution >= 4 is 16.9 Å². The zero-order valence-corrected chi connectivity index (χ0v) is 6.73. The smallest absolute Gasteiger partial charge is 0.307 e. The highest BCUT2D eigenvalue weighted by Crippen LogP contribution is 2.15. The molecular formula is C9H7NO3. The molecule has 2 aromatic rings. The van der Waals surface area contributed by atoms with Crippen LogP contribution in [-0.4, -0.2) is 16.2 Å². The van der Waals surface area contributed by atoms with Crippen LogP contribution in [0.4, 0.5) is 0 Å². The molecule has 1 heterocycles. The number of carbonyl (C=O) groups is 1. The van der Waals surface area contributed by atoms with Gasteiger partial charge in [-0.25, -0.2) is 0 Å². The van der Waals surface area contributed by atoms with Gasteiger partial charge in [0.25, 0.3) is 0 Å². The Balaban J connectivity index is 2.42. The normalized spacial score (nSPS) is 10.5. The van der Waals surface area contributed by atoms with Crippen molar-refractivity contribution in [3.05, 3.63) is 30.0 Å². The Hall–Kier alpha value is -1.84. The van der Waals surface area contributed by atoms with Crippen LogP contribution in [0.2, 0.25) is 0 Å². The lowest BCUT2D eigenvalue weighted by Crippen LogP contribution is -1.99. The summed E-state index contributed by atoms with van der Waals surface area (Å²) in [6.45, 7) is 0. The SMILES string of the molecule is O=C(O)Cc1ccc2cnoc2c1. The highest BCUT2D eigenvalue weighted by atomic mass is 16.5. The van der Waals surface area contributed by atoms with Gasteiger partial charge in [-0.3, -0.25) is 4.79 Å². The maximum atomic E-state index is 10.4. The second-order valence-corrected chi connectivity index (χ2v) is 2.77. The molecule has 0 bridgehead atoms. The van der Waals surface area contributed by atoms with Crippen molar-refractivity contribution in [2.45, 2.75) is 6.42 Å². The van der Waals surface area contributed by atoms with Crippen LogP contribution in [0.5, 0.6) is 0 Å². The number of aromatic nitrogens is 1. The molecule has 4 heteroatoms. The maximum absolute atomic E-state index is 10.4. The van der Waals surface area contributed by atoms with Gasteiger partial charge in [0, 0.05) is 5.39 Å². The number of hydrogen-bond donors (Lipinski definition) is 1. The van der Waals surface area contributed by atoms with E-state index in [2.05, 4.69) is 5.16 Å². The second-order valence-electron chi connectivity index (χ2n) is 2.77. The highest BCUT2D eigenvalue weighted by Gasteiger charge is 2.03. The molecule has 0 atom stereocenters. The monoisotopic (exact) mass is 177 g/mol. The number of fused-ring (bicyclic) bond motifs is 1. The van der Waals surface area contributed by atoms with Gasteiger partial charge in [0.1, 0.15) is 0 Å². The molecule has 0 spiro atoms. The van der Waals surface area contributed by atoms with Crippen molar-refractivity contribution in [1.82, 2.24) is 5.16 Å². The van der Waals surface area contributed by atoms with Gasteiger partial charge in [-0.05, 0) is 17.7 Å². The van der Waals surface area contributed by atoms with Crippen molar-refractivity contribution < 1.29 is 14.4 Å². The van der Waals surface area contributed by atoms with Gasteiger partial charge < -0.3 is 9.63 Å². The summed E-state index contributed by atoms with van der Waals surface area (Å²) in [7, 11) is 0. The minimum absolute atomic E-state index is 0.0106. The van der Waals surface area contributed by atoms with E-state index in [1.807, 2.05) is 0 Å². The predicted octanol–water partition coefficient (Wildman–Crippen LogP) is 1.45. The third-order valence-electron chi connectivity index (χ3n) is 1.78. The number of benzene rings is 1. The van der Waals surface area contributed by atoms with E-state index in [-0.39, 0.29) is 6.42 Å². The molecule has 1 aromatic heterocycles. The lowest BCUT2D eigenvalue weighted by atomic mass is 10.1. The van der Waals surface area contributed by atoms with Crippen molar-refractivity contribution in [2.24, 2.45) is 0 Å². The Labute approximate surface area is 73.8 Å². The Morgan fingerprint density at radius 2 is 2.38 bits per heavy atom. The topological polar surface area (TPSA) is 63.3 Å². The van der Waals surface area contributed by atoms with E-state index >= 15 is 0 Å². The summed E-state index contributed by atoms with van der Waals surface area (Å²) in [6, 6.07) is 5.24. The van der Waals surface area contributed by atoms with E-state index in [9.17, 15) is 4.79 Å². The molecule has 2 rings (SSSR count). The van der Waals surface area contributed by atoms with Crippen molar-refractivity contribution in [3.8, 4) is 0 Å². The minimum atomic E-state index is -0.848. The van der Waals surface area contributed by atoms with Crippen molar-refractivity contribution in [2.75, 3.05) is 0 Å². The van der Waals surface area contributed by atoms with Gasteiger partial charge in [0.2, 0.25) is 0 Å². The molecule has 0 aliphatic heterocycles. The first-order valence-electron chi connectivity index (χ1n) is 3.81. The predicted molar refractivity (Wildman–Crippen MR) is 45.3 cm³/mol. The zero-order valence-electron chi connectivity index (χ0n) is 6.73. The average molecular weight is 177 g/mol. The molecular weight excluding hydrogens is 170 g/mol. The van der Waals surface area contributed by atoms with Gasteiger partial charge in [0.05, 0.1) is 12.6 Å². The first-order chi connectivity index (χ1) is 6.25. The number of aliphatic carboxylic acids is 1. The quantitative estimate of drug-likeness (QED) is 0.754. The lowest BCUT2D eigenvalue weighted by Gasteiger charge is -1.94. The Morgan fingerprint density at radius 1 is 1.54 bits per heavy atom. The van der Waals surface area contributed by atoms with E-state index in [4.69, 9.17) is 9.63 Å². The largest absolute Gasteiger partial charge is 0.481 e. The molecule has 1 N–H and O–H groups in total. The number of carboxylic acid groups (broad SMARTS) is 1. The van der Waals surface area contributed by atoms with Crippen LogP contribution in [0.25, 0.3) is 11.0 Å². The van der Waals surface area contributed by atoms with Crippen LogP contribution >= 0.6 is 0 Å². The summed E-state index contributed by atoms with van der Waals surface area (Å²) in [5, 5.41) is 13.0. The highest BCUT2D eigenvalue weighted by molar-refractivity contribution is 5.78. The first kappa shape index (κ1) is 7.79. The summed E-state index contributed by atoms with van der Waals surface area (Å²) in [4.78, 5) is 10.4. The van der Waals surface area contributed by atoms with E-state index in [0.717, 1.165) is 10.9 Å². The van der Waals surface area contributed by atoms with Gasteiger partial charge in [-0.2, -0.15) is 0 Å². The van der Waals surface area contributed by atoms with Crippen LogP contribution in [0, 0.1) is 0 Å². The van der Waals surface area contributed by atoms with E-state index in [0.29, 0.717) is 5.58 Å². The third-order valence-corrected chi connectivity index (χ3v) is 1.78. The molecule has 0 fully saturated rings. The van der Waals surface area contributed by atoms with Crippen LogP contribution < -0.4 is 0 Å². The van der Waals surface area contributed by atoms with Gasteiger partial charge in [-0.15, -0.1) is 0 Å². The zero-order chi connectivity index (χ0) is 9.26. The standard InChI is InChI=1S/C9H7NO3/c11-9(12)4-6-1-2-7-5-10-13-8(7)3-6/h1-3,5H,4H2,(H,11,12). The molecule has 0 saturated carbocycles. The minimum Gasteiger partial charge on any atom is -0.481 e. The number of rotatable bonds is 2. The molecule has 0 unspecified atom stereocenters. The fourth-order valence-electron chi connectivity index (χ4n) is 1.19. The molecule has 0 aliphatic rings. The molecule has 4 nitrogen and oxygen atoms in total. The van der Waals surface area contributed by atoms with Gasteiger partial charge >= 0.3 is 5.97 Å². The van der Waals surface area contributed by atoms with E-state index in [1.54, 1.807) is 24.4 Å². The molecule has 66 valence electrons. The summed E-state index contributed by atoms with van der Waals surface area (Å²) < 4.78 is 4.90. The van der Waals surface area contributed by atoms with Crippen LogP contribution in [0.15, 0.2) is 28.9 Å². The molecule has 0 amide bonds. The molecule has 13 heavy (non-hydrogen) atoms. The second kappa shape index (κ2) is 2.90. The van der Waals surface area contributed by atoms with Crippen LogP contribution in [0.3, 0.4) is 0 Å². The van der Waals surface area contributed by atoms with Crippen molar-refractivity contribution in [1.29, 1.82) is 0 Å². The Morgan fingerprint density at radius 3 is 3.15 bits per heavy atom. The summed E-state index contributed by atoms with van der Waals surface area (Å²) in [5.41, 5.74) is 1.34. The third kappa shape index (κ3) is 1.51. The summed E-state index contributed by atoms with van der Waals surface area (Å²) in [5.74, 6) is -0.848. The lowest BCUT2D eigenvalue weighted by molar-refractivity contribution is -0.136. The maximum Gasteiger partial charge on any atom is 0.307 e. The molecule has 0 saturated heterocycles. The summed E-state index contributed by atoms with van der Waals surface area (Å²) in [6.07, 6.45) is 1.61. The van der Waals surface area contributed by atoms with E-state index in [1.165, 1.54) is 0 Å². The molecule has 1 aromatic carbocycles. The fourth-order valence-corrected chi connectivity index (χ4v) is 1.19. The molecule has 0 aliphatic carbocycles. The Kier molecular flexibility index (Phi) is 1.73.